The summed E-state index contributed by atoms with van der Waals surface area (Å²) in [6.07, 6.45) is -5.56. The summed E-state index contributed by atoms with van der Waals surface area (Å²) in [7, 11) is 2.75. The first-order valence-corrected chi connectivity index (χ1v) is 11.4. The third-order valence-electron chi connectivity index (χ3n) is 5.55. The summed E-state index contributed by atoms with van der Waals surface area (Å²) in [6.45, 7) is 0. The fraction of sp³-hybridized carbons (Fsp3) is 0.240. The van der Waals surface area contributed by atoms with Gasteiger partial charge in [-0.3, -0.25) is 19.8 Å². The number of amides is 1. The zero-order chi connectivity index (χ0) is 26.5. The van der Waals surface area contributed by atoms with Gasteiger partial charge in [0.2, 0.25) is 6.04 Å². The van der Waals surface area contributed by atoms with Gasteiger partial charge >= 0.3 is 12.1 Å². The molecule has 0 saturated carbocycles. The number of nitro groups is 1. The molecule has 0 aliphatic rings. The van der Waals surface area contributed by atoms with Crippen LogP contribution in [0.2, 0.25) is 0 Å². The number of halogens is 4. The van der Waals surface area contributed by atoms with Crippen LogP contribution in [0.4, 0.5) is 18.9 Å². The highest BCUT2D eigenvalue weighted by molar-refractivity contribution is 9.10. The minimum Gasteiger partial charge on any atom is -0.497 e. The minimum absolute atomic E-state index is 0.108. The van der Waals surface area contributed by atoms with Crippen LogP contribution in [0.5, 0.6) is 11.5 Å². The molecule has 36 heavy (non-hydrogen) atoms. The van der Waals surface area contributed by atoms with Gasteiger partial charge in [-0.15, -0.1) is 0 Å². The maximum Gasteiger partial charge on any atom is 0.471 e. The van der Waals surface area contributed by atoms with Crippen LogP contribution >= 0.6 is 15.9 Å². The lowest BCUT2D eigenvalue weighted by Crippen LogP contribution is -2.49. The van der Waals surface area contributed by atoms with Crippen molar-refractivity contribution in [3.8, 4) is 11.5 Å². The number of methoxy groups -OCH3 is 2. The normalized spacial score (nSPS) is 12.9. The van der Waals surface area contributed by atoms with Crippen molar-refractivity contribution in [1.82, 2.24) is 0 Å². The van der Waals surface area contributed by atoms with Crippen LogP contribution < -0.4 is 14.4 Å². The van der Waals surface area contributed by atoms with Crippen LogP contribution in [-0.2, 0) is 11.2 Å². The summed E-state index contributed by atoms with van der Waals surface area (Å²) in [5, 5.41) is 12.4. The predicted molar refractivity (Wildman–Crippen MR) is 131 cm³/mol. The molecule has 3 aromatic rings. The zero-order valence-electron chi connectivity index (χ0n) is 19.2. The molecule has 1 amide bonds. The lowest BCUT2D eigenvalue weighted by Gasteiger charge is -2.34. The van der Waals surface area contributed by atoms with Gasteiger partial charge in [-0.2, -0.15) is 13.2 Å². The molecular weight excluding hydrogens is 545 g/mol. The second-order valence-corrected chi connectivity index (χ2v) is 8.59. The van der Waals surface area contributed by atoms with Crippen molar-refractivity contribution >= 4 is 27.5 Å². The van der Waals surface area contributed by atoms with Gasteiger partial charge in [0.15, 0.2) is 0 Å². The Morgan fingerprint density at radius 1 is 1.00 bits per heavy atom. The molecule has 0 heterocycles. The number of anilines is 1. The van der Waals surface area contributed by atoms with Crippen molar-refractivity contribution in [2.75, 3.05) is 19.1 Å². The smallest absolute Gasteiger partial charge is 0.471 e. The molecule has 7 nitrogen and oxygen atoms in total. The van der Waals surface area contributed by atoms with E-state index >= 15 is 0 Å². The third kappa shape index (κ3) is 6.14. The van der Waals surface area contributed by atoms with Gasteiger partial charge in [0, 0.05) is 21.5 Å². The molecule has 0 saturated heterocycles. The summed E-state index contributed by atoms with van der Waals surface area (Å²) < 4.78 is 52.5. The molecule has 0 fully saturated rings. The first kappa shape index (κ1) is 27.0. The van der Waals surface area contributed by atoms with Crippen molar-refractivity contribution < 1.29 is 32.4 Å². The summed E-state index contributed by atoms with van der Waals surface area (Å²) in [6, 6.07) is 14.6. The van der Waals surface area contributed by atoms with Crippen LogP contribution in [0, 0.1) is 10.1 Å². The molecule has 0 aromatic heterocycles. The Balaban J connectivity index is 2.27. The molecule has 0 unspecified atom stereocenters. The highest BCUT2D eigenvalue weighted by Gasteiger charge is 2.50. The number of carbonyl (C=O) groups excluding carboxylic acids is 1. The van der Waals surface area contributed by atoms with E-state index in [2.05, 4.69) is 15.9 Å². The molecule has 0 bridgehead atoms. The van der Waals surface area contributed by atoms with Gasteiger partial charge in [0.05, 0.1) is 14.2 Å². The fourth-order valence-corrected chi connectivity index (χ4v) is 4.29. The van der Waals surface area contributed by atoms with Crippen molar-refractivity contribution in [2.24, 2.45) is 0 Å². The van der Waals surface area contributed by atoms with Crippen LogP contribution in [0.25, 0.3) is 0 Å². The number of hydrogen-bond acceptors (Lipinski definition) is 5. The van der Waals surface area contributed by atoms with Crippen molar-refractivity contribution in [1.29, 1.82) is 0 Å². The van der Waals surface area contributed by atoms with Crippen LogP contribution in [0.3, 0.4) is 0 Å². The molecule has 0 aliphatic heterocycles. The molecule has 190 valence electrons. The van der Waals surface area contributed by atoms with E-state index in [9.17, 15) is 28.1 Å². The fourth-order valence-electron chi connectivity index (χ4n) is 3.84. The molecule has 11 heteroatoms. The Bertz CT molecular complexity index is 1220. The van der Waals surface area contributed by atoms with E-state index in [1.165, 1.54) is 56.7 Å². The highest BCUT2D eigenvalue weighted by atomic mass is 79.9. The average Bonchev–Trinajstić information content (AvgIpc) is 2.86. The lowest BCUT2D eigenvalue weighted by atomic mass is 9.92. The summed E-state index contributed by atoms with van der Waals surface area (Å²) in [5.74, 6) is -1.62. The molecule has 3 aromatic carbocycles. The summed E-state index contributed by atoms with van der Waals surface area (Å²) >= 11 is 3.34. The van der Waals surface area contributed by atoms with Gasteiger partial charge in [0.1, 0.15) is 17.5 Å². The lowest BCUT2D eigenvalue weighted by molar-refractivity contribution is -0.526. The van der Waals surface area contributed by atoms with E-state index in [4.69, 9.17) is 9.47 Å². The Morgan fingerprint density at radius 2 is 1.64 bits per heavy atom. The molecule has 0 spiro atoms. The number of alkyl halides is 3. The van der Waals surface area contributed by atoms with E-state index in [1.54, 1.807) is 30.3 Å². The molecular formula is C25H22BrF3N2O5. The first-order chi connectivity index (χ1) is 17.1. The van der Waals surface area contributed by atoms with Gasteiger partial charge in [-0.1, -0.05) is 46.3 Å². The number of carbonyl (C=O) groups is 1. The van der Waals surface area contributed by atoms with Crippen molar-refractivity contribution in [2.45, 2.75) is 24.7 Å². The highest BCUT2D eigenvalue weighted by Crippen LogP contribution is 2.38. The second-order valence-electron chi connectivity index (χ2n) is 7.74. The van der Waals surface area contributed by atoms with E-state index in [-0.39, 0.29) is 23.4 Å². The molecule has 2 atom stereocenters. The number of hydrogen-bond donors (Lipinski definition) is 0. The van der Waals surface area contributed by atoms with Gasteiger partial charge in [-0.25, -0.2) is 0 Å². The molecule has 0 N–H and O–H groups in total. The maximum absolute atomic E-state index is 13.9. The Labute approximate surface area is 213 Å². The Hall–Kier alpha value is -3.60. The van der Waals surface area contributed by atoms with E-state index in [1.807, 2.05) is 0 Å². The second kappa shape index (κ2) is 11.4. The van der Waals surface area contributed by atoms with Crippen molar-refractivity contribution in [3.05, 3.63) is 98.5 Å². The largest absolute Gasteiger partial charge is 0.497 e. The maximum atomic E-state index is 13.9. The SMILES string of the molecule is COc1ccc(N(C(=O)C(F)(F)F)[C@H](c2cccc(OC)c2)[C@H](Cc2ccccc2Br)[N+](=O)[O-])cc1. The van der Waals surface area contributed by atoms with Crippen LogP contribution in [0.15, 0.2) is 77.3 Å². The van der Waals surface area contributed by atoms with E-state index < -0.39 is 29.1 Å². The topological polar surface area (TPSA) is 81.9 Å². The zero-order valence-corrected chi connectivity index (χ0v) is 20.8. The molecule has 0 radical (unpaired) electrons. The number of benzene rings is 3. The van der Waals surface area contributed by atoms with Gasteiger partial charge in [0.25, 0.3) is 0 Å². The monoisotopic (exact) mass is 566 g/mol. The van der Waals surface area contributed by atoms with Gasteiger partial charge < -0.3 is 9.47 Å². The van der Waals surface area contributed by atoms with Crippen LogP contribution in [-0.4, -0.2) is 37.3 Å². The Morgan fingerprint density at radius 3 is 2.19 bits per heavy atom. The quantitative estimate of drug-likeness (QED) is 0.234. The molecule has 3 rings (SSSR count). The standard InChI is InChI=1S/C25H22BrF3N2O5/c1-35-19-12-10-18(11-13-19)30(24(32)25(27,28)29)23(17-7-5-8-20(14-17)36-2)22(31(33)34)15-16-6-3-4-9-21(16)26/h3-14,22-23H,15H2,1-2H3/t22-,23+/m0/s1. The first-order valence-electron chi connectivity index (χ1n) is 10.6. The summed E-state index contributed by atoms with van der Waals surface area (Å²) in [5.41, 5.74) is 0.433. The number of nitrogens with zero attached hydrogens (tertiary/aromatic N) is 2. The van der Waals surface area contributed by atoms with Gasteiger partial charge in [-0.05, 0) is 53.6 Å². The predicted octanol–water partition coefficient (Wildman–Crippen LogP) is 5.99. The third-order valence-corrected chi connectivity index (χ3v) is 6.32. The van der Waals surface area contributed by atoms with Crippen molar-refractivity contribution in [3.63, 3.8) is 0 Å². The Kier molecular flexibility index (Phi) is 8.57. The van der Waals surface area contributed by atoms with E-state index in [0.29, 0.717) is 20.7 Å². The molecule has 0 aliphatic carbocycles. The summed E-state index contributed by atoms with van der Waals surface area (Å²) in [4.78, 5) is 25.0. The average molecular weight is 567 g/mol. The number of rotatable bonds is 9. The minimum atomic E-state index is -5.30. The number of ether oxygens (including phenoxy) is 2. The van der Waals surface area contributed by atoms with E-state index in [0.717, 1.165) is 0 Å². The van der Waals surface area contributed by atoms with Crippen LogP contribution in [0.1, 0.15) is 17.2 Å².